The summed E-state index contributed by atoms with van der Waals surface area (Å²) >= 11 is 6.92. The molecule has 0 aliphatic carbocycles. The molecule has 10 nitrogen and oxygen atoms in total. The summed E-state index contributed by atoms with van der Waals surface area (Å²) in [6.45, 7) is 7.59. The molecule has 2 heterocycles. The minimum absolute atomic E-state index is 0.139. The van der Waals surface area contributed by atoms with Crippen LogP contribution in [0.4, 0.5) is 0 Å². The number of rotatable bonds is 15. The third-order valence-corrected chi connectivity index (χ3v) is 9.53. The minimum Gasteiger partial charge on any atom is -0.314 e. The molecular weight excluding hydrogens is 784 g/mol. The molecule has 0 amide bonds. The third-order valence-electron chi connectivity index (χ3n) is 8.48. The maximum atomic E-state index is 13.6. The normalized spacial score (nSPS) is 12.1. The average Bonchev–Trinajstić information content (AvgIpc) is 3.62. The van der Waals surface area contributed by atoms with Crippen molar-refractivity contribution in [2.75, 3.05) is 39.3 Å². The number of halogens is 2. The largest absolute Gasteiger partial charge is 0.314 e. The fourth-order valence-electron chi connectivity index (χ4n) is 5.94. The molecule has 0 atom stereocenters. The van der Waals surface area contributed by atoms with Gasteiger partial charge in [-0.15, -0.1) is 0 Å². The first-order valence-electron chi connectivity index (χ1n) is 17.1. The van der Waals surface area contributed by atoms with Crippen LogP contribution in [0.1, 0.15) is 33.6 Å². The van der Waals surface area contributed by atoms with E-state index < -0.39 is 0 Å². The van der Waals surface area contributed by atoms with Crippen LogP contribution in [-0.2, 0) is 0 Å². The number of nitrogens with one attached hydrogen (secondary N) is 4. The topological polar surface area (TPSA) is 124 Å². The fourth-order valence-corrected chi connectivity index (χ4v) is 6.47. The SMILES string of the molecule is Cc1[nH]n(-c2ccc(Br)cc2)c(=O)c1C(=NCCNCCNCCN=C(c1ccccc1)c1c(C)[nH]n(-c2ccc(Br)cc2)c1=O)c1ccccc1. The molecule has 12 heteroatoms. The van der Waals surface area contributed by atoms with Gasteiger partial charge in [-0.3, -0.25) is 29.8 Å². The summed E-state index contributed by atoms with van der Waals surface area (Å²) in [5.74, 6) is 0. The molecule has 0 fully saturated rings. The predicted octanol–water partition coefficient (Wildman–Crippen LogP) is 6.34. The van der Waals surface area contributed by atoms with Crippen molar-refractivity contribution in [3.8, 4) is 11.4 Å². The molecule has 0 spiro atoms. The molecule has 0 unspecified atom stereocenters. The van der Waals surface area contributed by atoms with E-state index in [2.05, 4.69) is 52.7 Å². The van der Waals surface area contributed by atoms with Gasteiger partial charge in [-0.05, 0) is 62.4 Å². The Bertz CT molecular complexity index is 2110. The van der Waals surface area contributed by atoms with Crippen LogP contribution in [0.5, 0.6) is 0 Å². The lowest BCUT2D eigenvalue weighted by Gasteiger charge is -2.08. The summed E-state index contributed by atoms with van der Waals surface area (Å²) in [5.41, 5.74) is 7.00. The lowest BCUT2D eigenvalue weighted by molar-refractivity contribution is 0.619. The Morgan fingerprint density at radius 3 is 1.29 bits per heavy atom. The Morgan fingerprint density at radius 2 is 0.923 bits per heavy atom. The van der Waals surface area contributed by atoms with E-state index in [4.69, 9.17) is 9.98 Å². The van der Waals surface area contributed by atoms with Crippen molar-refractivity contribution in [3.05, 3.63) is 172 Å². The number of aryl methyl sites for hydroxylation is 2. The average molecular weight is 825 g/mol. The molecule has 266 valence electrons. The van der Waals surface area contributed by atoms with Gasteiger partial charge >= 0.3 is 0 Å². The molecule has 6 aromatic rings. The predicted molar refractivity (Wildman–Crippen MR) is 217 cm³/mol. The highest BCUT2D eigenvalue weighted by atomic mass is 79.9. The van der Waals surface area contributed by atoms with E-state index >= 15 is 0 Å². The van der Waals surface area contributed by atoms with E-state index in [1.807, 2.05) is 123 Å². The number of hydrogen-bond donors (Lipinski definition) is 4. The molecule has 0 saturated carbocycles. The Hall–Kier alpha value is -4.88. The van der Waals surface area contributed by atoms with Gasteiger partial charge in [-0.25, -0.2) is 9.36 Å². The monoisotopic (exact) mass is 822 g/mol. The Kier molecular flexibility index (Phi) is 12.5. The van der Waals surface area contributed by atoms with Crippen LogP contribution in [0.25, 0.3) is 11.4 Å². The lowest BCUT2D eigenvalue weighted by Crippen LogP contribution is -2.30. The van der Waals surface area contributed by atoms with Gasteiger partial charge in [0, 0.05) is 57.6 Å². The smallest absolute Gasteiger partial charge is 0.280 e. The first kappa shape index (κ1) is 36.9. The fraction of sp³-hybridized carbons (Fsp3) is 0.200. The number of aromatic amines is 2. The standard InChI is InChI=1S/C40H40Br2N8O2/c1-27-35(39(51)49(47-27)33-17-13-31(41)14-18-33)37(29-9-5-3-6-10-29)45-25-23-43-21-22-44-24-26-46-38(30-11-7-4-8-12-30)36-28(2)48-50(40(36)52)34-19-15-32(42)16-20-34/h3-20,43-44,47-48H,21-26H2,1-2H3. The number of nitrogens with zero attached hydrogens (tertiary/aromatic N) is 4. The third kappa shape index (κ3) is 8.76. The van der Waals surface area contributed by atoms with Crippen LogP contribution in [0.3, 0.4) is 0 Å². The quantitative estimate of drug-likeness (QED) is 0.0714. The van der Waals surface area contributed by atoms with Crippen molar-refractivity contribution in [1.29, 1.82) is 0 Å². The van der Waals surface area contributed by atoms with Gasteiger partial charge in [0.15, 0.2) is 0 Å². The Morgan fingerprint density at radius 1 is 0.558 bits per heavy atom. The van der Waals surface area contributed by atoms with Crippen molar-refractivity contribution in [2.24, 2.45) is 9.98 Å². The summed E-state index contributed by atoms with van der Waals surface area (Å²) < 4.78 is 5.01. The number of aromatic nitrogens is 4. The number of benzene rings is 4. The summed E-state index contributed by atoms with van der Waals surface area (Å²) in [5, 5.41) is 13.3. The zero-order valence-corrected chi connectivity index (χ0v) is 32.2. The molecule has 4 N–H and O–H groups in total. The summed E-state index contributed by atoms with van der Waals surface area (Å²) in [4.78, 5) is 37.1. The van der Waals surface area contributed by atoms with Gasteiger partial charge in [0.25, 0.3) is 11.1 Å². The zero-order chi connectivity index (χ0) is 36.5. The van der Waals surface area contributed by atoms with E-state index in [0.29, 0.717) is 48.7 Å². The molecule has 6 rings (SSSR count). The van der Waals surface area contributed by atoms with Crippen molar-refractivity contribution >= 4 is 43.3 Å². The molecule has 4 aromatic carbocycles. The van der Waals surface area contributed by atoms with Gasteiger partial charge in [-0.2, -0.15) is 0 Å². The molecule has 0 saturated heterocycles. The van der Waals surface area contributed by atoms with E-state index in [1.165, 1.54) is 0 Å². The first-order valence-corrected chi connectivity index (χ1v) is 18.7. The van der Waals surface area contributed by atoms with Gasteiger partial charge in [0.05, 0.1) is 47.0 Å². The second-order valence-corrected chi connectivity index (χ2v) is 14.0. The van der Waals surface area contributed by atoms with Crippen LogP contribution < -0.4 is 21.8 Å². The van der Waals surface area contributed by atoms with E-state index in [-0.39, 0.29) is 11.1 Å². The Balaban J connectivity index is 1.06. The first-order chi connectivity index (χ1) is 25.3. The van der Waals surface area contributed by atoms with Crippen molar-refractivity contribution < 1.29 is 0 Å². The zero-order valence-electron chi connectivity index (χ0n) is 29.0. The minimum atomic E-state index is -0.139. The number of H-pyrrole nitrogens is 2. The summed E-state index contributed by atoms with van der Waals surface area (Å²) in [6.07, 6.45) is 0. The van der Waals surface area contributed by atoms with Crippen LogP contribution >= 0.6 is 31.9 Å². The van der Waals surface area contributed by atoms with Gasteiger partial charge in [0.2, 0.25) is 0 Å². The molecule has 0 aliphatic rings. The number of aliphatic imine (C=N–C) groups is 2. The van der Waals surface area contributed by atoms with Crippen LogP contribution in [0.15, 0.2) is 138 Å². The highest BCUT2D eigenvalue weighted by Crippen LogP contribution is 2.17. The summed E-state index contributed by atoms with van der Waals surface area (Å²) in [6, 6.07) is 34.9. The van der Waals surface area contributed by atoms with E-state index in [0.717, 1.165) is 55.9 Å². The van der Waals surface area contributed by atoms with Crippen LogP contribution in [-0.4, -0.2) is 70.3 Å². The van der Waals surface area contributed by atoms with Gasteiger partial charge in [-0.1, -0.05) is 92.5 Å². The van der Waals surface area contributed by atoms with Crippen LogP contribution in [0.2, 0.25) is 0 Å². The van der Waals surface area contributed by atoms with Crippen molar-refractivity contribution in [1.82, 2.24) is 30.2 Å². The van der Waals surface area contributed by atoms with Gasteiger partial charge < -0.3 is 10.6 Å². The highest BCUT2D eigenvalue weighted by molar-refractivity contribution is 9.10. The number of hydrogen-bond acceptors (Lipinski definition) is 6. The second kappa shape index (κ2) is 17.6. The molecule has 0 aliphatic heterocycles. The van der Waals surface area contributed by atoms with Crippen molar-refractivity contribution in [2.45, 2.75) is 13.8 Å². The molecule has 2 aromatic heterocycles. The maximum absolute atomic E-state index is 13.6. The molecule has 0 bridgehead atoms. The summed E-state index contributed by atoms with van der Waals surface area (Å²) in [7, 11) is 0. The molecule has 0 radical (unpaired) electrons. The molecule has 52 heavy (non-hydrogen) atoms. The Labute approximate surface area is 319 Å². The molecular formula is C40H40Br2N8O2. The van der Waals surface area contributed by atoms with E-state index in [1.54, 1.807) is 9.36 Å². The van der Waals surface area contributed by atoms with E-state index in [9.17, 15) is 9.59 Å². The second-order valence-electron chi connectivity index (χ2n) is 12.2. The van der Waals surface area contributed by atoms with Crippen LogP contribution in [0, 0.1) is 13.8 Å². The van der Waals surface area contributed by atoms with Gasteiger partial charge in [0.1, 0.15) is 0 Å². The lowest BCUT2D eigenvalue weighted by atomic mass is 10.0. The maximum Gasteiger partial charge on any atom is 0.280 e. The highest BCUT2D eigenvalue weighted by Gasteiger charge is 2.20. The van der Waals surface area contributed by atoms with Crippen molar-refractivity contribution in [3.63, 3.8) is 0 Å².